The molecule has 0 radical (unpaired) electrons. The molecule has 2 saturated heterocycles. The number of anilines is 1. The van der Waals surface area contributed by atoms with Gasteiger partial charge in [0.25, 0.3) is 0 Å². The van der Waals surface area contributed by atoms with Gasteiger partial charge >= 0.3 is 0 Å². The van der Waals surface area contributed by atoms with E-state index < -0.39 is 0 Å². The van der Waals surface area contributed by atoms with Crippen LogP contribution in [0.3, 0.4) is 0 Å². The van der Waals surface area contributed by atoms with Gasteiger partial charge in [0.1, 0.15) is 11.6 Å². The molecule has 3 aromatic rings. The molecule has 1 aromatic carbocycles. The summed E-state index contributed by atoms with van der Waals surface area (Å²) in [7, 11) is 0. The van der Waals surface area contributed by atoms with Crippen molar-refractivity contribution in [2.45, 2.75) is 44.7 Å². The Morgan fingerprint density at radius 3 is 2.53 bits per heavy atom. The van der Waals surface area contributed by atoms with E-state index in [4.69, 9.17) is 9.40 Å². The number of rotatable bonds is 7. The number of nitrogens with zero attached hydrogens (tertiary/aromatic N) is 3. The molecule has 0 bridgehead atoms. The molecule has 1 atom stereocenters. The van der Waals surface area contributed by atoms with Gasteiger partial charge in [0, 0.05) is 37.1 Å². The molecule has 30 heavy (non-hydrogen) atoms. The van der Waals surface area contributed by atoms with Gasteiger partial charge < -0.3 is 14.6 Å². The van der Waals surface area contributed by atoms with Crippen LogP contribution in [-0.2, 0) is 6.54 Å². The molecule has 2 aliphatic rings. The van der Waals surface area contributed by atoms with E-state index in [1.54, 1.807) is 6.26 Å². The second kappa shape index (κ2) is 9.19. The molecule has 2 aliphatic heterocycles. The average molecular weight is 405 g/mol. The highest BCUT2D eigenvalue weighted by Crippen LogP contribution is 2.28. The second-order valence-corrected chi connectivity index (χ2v) is 8.62. The summed E-state index contributed by atoms with van der Waals surface area (Å²) in [5, 5.41) is 4.96. The number of furan rings is 1. The van der Waals surface area contributed by atoms with Crippen LogP contribution in [0.15, 0.2) is 53.1 Å². The van der Waals surface area contributed by atoms with E-state index in [2.05, 4.69) is 51.5 Å². The highest BCUT2D eigenvalue weighted by atomic mass is 16.3. The largest absolute Gasteiger partial charge is 0.468 e. The van der Waals surface area contributed by atoms with E-state index in [9.17, 15) is 0 Å². The van der Waals surface area contributed by atoms with Gasteiger partial charge in [-0.2, -0.15) is 0 Å². The van der Waals surface area contributed by atoms with E-state index in [-0.39, 0.29) is 0 Å². The lowest BCUT2D eigenvalue weighted by Gasteiger charge is -2.30. The molecule has 0 aliphatic carbocycles. The van der Waals surface area contributed by atoms with Crippen molar-refractivity contribution in [1.82, 2.24) is 15.2 Å². The van der Waals surface area contributed by atoms with E-state index in [0.29, 0.717) is 6.04 Å². The summed E-state index contributed by atoms with van der Waals surface area (Å²) in [6.45, 7) is 6.25. The van der Waals surface area contributed by atoms with Crippen LogP contribution < -0.4 is 10.2 Å². The van der Waals surface area contributed by atoms with Gasteiger partial charge in [-0.25, -0.2) is 4.98 Å². The van der Waals surface area contributed by atoms with Crippen molar-refractivity contribution < 1.29 is 4.42 Å². The molecule has 1 unspecified atom stereocenters. The van der Waals surface area contributed by atoms with Crippen LogP contribution in [0.25, 0.3) is 10.9 Å². The van der Waals surface area contributed by atoms with E-state index in [1.165, 1.54) is 43.1 Å². The van der Waals surface area contributed by atoms with Crippen LogP contribution in [-0.4, -0.2) is 42.6 Å². The number of benzene rings is 1. The highest BCUT2D eigenvalue weighted by molar-refractivity contribution is 5.81. The summed E-state index contributed by atoms with van der Waals surface area (Å²) in [4.78, 5) is 10.1. The number of para-hydroxylation sites is 1. The summed E-state index contributed by atoms with van der Waals surface area (Å²) in [5.74, 6) is 2.23. The molecular weight excluding hydrogens is 372 g/mol. The van der Waals surface area contributed by atoms with Crippen LogP contribution in [0, 0.1) is 0 Å². The molecule has 0 spiro atoms. The van der Waals surface area contributed by atoms with Crippen LogP contribution in [0.5, 0.6) is 0 Å². The van der Waals surface area contributed by atoms with Crippen molar-refractivity contribution in [3.63, 3.8) is 0 Å². The van der Waals surface area contributed by atoms with Crippen molar-refractivity contribution in [3.05, 3.63) is 60.1 Å². The summed E-state index contributed by atoms with van der Waals surface area (Å²) in [5.41, 5.74) is 2.39. The molecular formula is C25H32N4O. The van der Waals surface area contributed by atoms with Crippen molar-refractivity contribution >= 4 is 16.7 Å². The SMILES string of the molecule is c1coc(C(CNCc2cc3ccccc3nc2N2CCCCC2)N2CCCC2)c1. The lowest BCUT2D eigenvalue weighted by molar-refractivity contribution is 0.209. The number of fused-ring (bicyclic) bond motifs is 1. The van der Waals surface area contributed by atoms with Gasteiger partial charge in [-0.3, -0.25) is 4.90 Å². The fourth-order valence-corrected chi connectivity index (χ4v) is 4.95. The summed E-state index contributed by atoms with van der Waals surface area (Å²) in [6.07, 6.45) is 8.21. The van der Waals surface area contributed by atoms with E-state index in [0.717, 1.165) is 56.4 Å². The number of nitrogens with one attached hydrogen (secondary N) is 1. The molecule has 5 heteroatoms. The summed E-state index contributed by atoms with van der Waals surface area (Å²) >= 11 is 0. The predicted octanol–water partition coefficient (Wildman–Crippen LogP) is 4.74. The smallest absolute Gasteiger partial charge is 0.133 e. The number of hydrogen-bond donors (Lipinski definition) is 1. The minimum Gasteiger partial charge on any atom is -0.468 e. The third-order valence-electron chi connectivity index (χ3n) is 6.54. The van der Waals surface area contributed by atoms with E-state index in [1.807, 2.05) is 6.07 Å². The number of likely N-dealkylation sites (tertiary alicyclic amines) is 1. The number of hydrogen-bond acceptors (Lipinski definition) is 5. The third-order valence-corrected chi connectivity index (χ3v) is 6.54. The standard InChI is InChI=1S/C25H32N4O/c1-4-14-29(15-5-1)25-21(17-20-9-2-3-10-22(20)27-25)18-26-19-23(24-11-8-16-30-24)28-12-6-7-13-28/h2-3,8-11,16-17,23,26H,1,4-7,12-15,18-19H2. The lowest BCUT2D eigenvalue weighted by atomic mass is 10.1. The minimum atomic E-state index is 0.300. The molecule has 5 rings (SSSR count). The van der Waals surface area contributed by atoms with Crippen molar-refractivity contribution in [3.8, 4) is 0 Å². The molecule has 1 N–H and O–H groups in total. The molecule has 5 nitrogen and oxygen atoms in total. The molecule has 0 saturated carbocycles. The third kappa shape index (κ3) is 4.23. The van der Waals surface area contributed by atoms with Crippen molar-refractivity contribution in [2.24, 2.45) is 0 Å². The Morgan fingerprint density at radius 1 is 0.933 bits per heavy atom. The Bertz CT molecular complexity index is 943. The maximum atomic E-state index is 5.79. The summed E-state index contributed by atoms with van der Waals surface area (Å²) < 4.78 is 5.79. The zero-order valence-electron chi connectivity index (χ0n) is 17.7. The Hall–Kier alpha value is -2.37. The average Bonchev–Trinajstić information content (AvgIpc) is 3.51. The first-order chi connectivity index (χ1) is 14.9. The fraction of sp³-hybridized carbons (Fsp3) is 0.480. The first kappa shape index (κ1) is 19.6. The van der Waals surface area contributed by atoms with E-state index >= 15 is 0 Å². The maximum Gasteiger partial charge on any atom is 0.133 e. The lowest BCUT2D eigenvalue weighted by Crippen LogP contribution is -2.35. The predicted molar refractivity (Wildman–Crippen MR) is 122 cm³/mol. The normalized spacial score (nSPS) is 18.9. The van der Waals surface area contributed by atoms with Gasteiger partial charge in [0.05, 0.1) is 17.8 Å². The van der Waals surface area contributed by atoms with Gasteiger partial charge in [-0.05, 0) is 69.5 Å². The molecule has 0 amide bonds. The Balaban J connectivity index is 1.35. The van der Waals surface area contributed by atoms with Crippen molar-refractivity contribution in [1.29, 1.82) is 0 Å². The molecule has 4 heterocycles. The van der Waals surface area contributed by atoms with Gasteiger partial charge in [0.2, 0.25) is 0 Å². The van der Waals surface area contributed by atoms with Crippen molar-refractivity contribution in [2.75, 3.05) is 37.6 Å². The fourth-order valence-electron chi connectivity index (χ4n) is 4.95. The van der Waals surface area contributed by atoms with Crippen LogP contribution in [0.1, 0.15) is 49.5 Å². The minimum absolute atomic E-state index is 0.300. The van der Waals surface area contributed by atoms with Crippen LogP contribution in [0.2, 0.25) is 0 Å². The maximum absolute atomic E-state index is 5.79. The summed E-state index contributed by atoms with van der Waals surface area (Å²) in [6, 6.07) is 15.2. The molecule has 2 fully saturated rings. The Labute approximate surface area is 179 Å². The Kier molecular flexibility index (Phi) is 6.00. The van der Waals surface area contributed by atoms with Crippen LogP contribution >= 0.6 is 0 Å². The Morgan fingerprint density at radius 2 is 1.73 bits per heavy atom. The topological polar surface area (TPSA) is 44.5 Å². The first-order valence-electron chi connectivity index (χ1n) is 11.5. The van der Waals surface area contributed by atoms with Gasteiger partial charge in [0.15, 0.2) is 0 Å². The highest BCUT2D eigenvalue weighted by Gasteiger charge is 2.25. The number of pyridine rings is 1. The first-order valence-corrected chi connectivity index (χ1v) is 11.5. The quantitative estimate of drug-likeness (QED) is 0.616. The zero-order chi connectivity index (χ0) is 20.2. The monoisotopic (exact) mass is 404 g/mol. The number of aromatic nitrogens is 1. The van der Waals surface area contributed by atoms with Gasteiger partial charge in [-0.1, -0.05) is 18.2 Å². The molecule has 2 aromatic heterocycles. The zero-order valence-corrected chi connectivity index (χ0v) is 17.7. The second-order valence-electron chi connectivity index (χ2n) is 8.62. The number of piperidine rings is 1. The van der Waals surface area contributed by atoms with Gasteiger partial charge in [-0.15, -0.1) is 0 Å². The van der Waals surface area contributed by atoms with Crippen LogP contribution in [0.4, 0.5) is 5.82 Å². The molecule has 158 valence electrons.